The second kappa shape index (κ2) is 4.18. The molecule has 0 unspecified atom stereocenters. The Morgan fingerprint density at radius 2 is 1.62 bits per heavy atom. The van der Waals surface area contributed by atoms with E-state index in [0.717, 1.165) is 6.08 Å². The Balaban J connectivity index is 5.07. The van der Waals surface area contributed by atoms with E-state index in [4.69, 9.17) is 9.79 Å². The molecule has 0 radical (unpaired) electrons. The molecule has 8 heteroatoms. The average Bonchev–Trinajstić information content (AvgIpc) is 2.02. The summed E-state index contributed by atoms with van der Waals surface area (Å²) in [6.07, 6.45) is 0.852. The zero-order valence-corrected chi connectivity index (χ0v) is 7.40. The first-order valence-corrected chi connectivity index (χ1v) is 4.66. The molecule has 0 heterocycles. The summed E-state index contributed by atoms with van der Waals surface area (Å²) in [5.74, 6) is 0. The Morgan fingerprint density at radius 1 is 1.23 bits per heavy atom. The molecule has 0 aromatic rings. The number of hydrogen-bond donors (Lipinski definition) is 4. The second-order valence-corrected chi connectivity index (χ2v) is 3.83. The van der Waals surface area contributed by atoms with Gasteiger partial charge in [-0.05, 0) is 6.08 Å². The van der Waals surface area contributed by atoms with E-state index in [9.17, 15) is 14.2 Å². The molecule has 7 nitrogen and oxygen atoms in total. The van der Waals surface area contributed by atoms with Crippen molar-refractivity contribution in [2.24, 2.45) is 0 Å². The van der Waals surface area contributed by atoms with Crippen LogP contribution in [0.25, 0.3) is 0 Å². The van der Waals surface area contributed by atoms with Crippen molar-refractivity contribution >= 4 is 20.4 Å². The molecule has 0 aliphatic rings. The summed E-state index contributed by atoms with van der Waals surface area (Å²) in [5.41, 5.74) is 0. The van der Waals surface area contributed by atoms with E-state index < -0.39 is 13.0 Å². The first-order chi connectivity index (χ1) is 5.93. The lowest BCUT2D eigenvalue weighted by molar-refractivity contribution is -0.112. The van der Waals surface area contributed by atoms with Gasteiger partial charge in [-0.3, -0.25) is 14.2 Å². The van der Waals surface area contributed by atoms with Gasteiger partial charge < -0.3 is 20.4 Å². The van der Waals surface area contributed by atoms with Gasteiger partial charge in [0.25, 0.3) is 0 Å². The zero-order valence-electron chi connectivity index (χ0n) is 6.51. The Bertz CT molecular complexity index is 250. The maximum Gasteiger partial charge on any atom is 0.375 e. The van der Waals surface area contributed by atoms with Crippen molar-refractivity contribution < 1.29 is 23.9 Å². The minimum Gasteiger partial charge on any atom is -0.323 e. The molecule has 0 aliphatic carbocycles. The molecule has 0 atom stereocenters. The van der Waals surface area contributed by atoms with E-state index >= 15 is 0 Å². The lowest BCUT2D eigenvalue weighted by atomic mass is 10.5. The number of rotatable bonds is 6. The highest BCUT2D eigenvalue weighted by molar-refractivity contribution is 7.53. The number of amides is 2. The molecule has 0 saturated carbocycles. The van der Waals surface area contributed by atoms with Gasteiger partial charge >= 0.3 is 7.60 Å². The van der Waals surface area contributed by atoms with E-state index in [1.807, 2.05) is 0 Å². The van der Waals surface area contributed by atoms with Gasteiger partial charge in [-0.1, -0.05) is 6.58 Å². The van der Waals surface area contributed by atoms with Crippen LogP contribution < -0.4 is 10.6 Å². The molecule has 0 aromatic carbocycles. The largest absolute Gasteiger partial charge is 0.375 e. The molecule has 0 bridgehead atoms. The van der Waals surface area contributed by atoms with Crippen LogP contribution in [0.5, 0.6) is 0 Å². The molecule has 13 heavy (non-hydrogen) atoms. The molecule has 0 spiro atoms. The van der Waals surface area contributed by atoms with Crippen LogP contribution in [0.15, 0.2) is 12.7 Å². The van der Waals surface area contributed by atoms with E-state index in [1.54, 1.807) is 10.6 Å². The lowest BCUT2D eigenvalue weighted by Crippen LogP contribution is -2.53. The minimum absolute atomic E-state index is 0.0528. The van der Waals surface area contributed by atoms with Gasteiger partial charge in [0, 0.05) is 0 Å². The summed E-state index contributed by atoms with van der Waals surface area (Å²) in [7, 11) is -4.74. The smallest absolute Gasteiger partial charge is 0.323 e. The zero-order chi connectivity index (χ0) is 10.5. The van der Waals surface area contributed by atoms with Gasteiger partial charge in [-0.25, -0.2) is 0 Å². The molecule has 0 aromatic heterocycles. The van der Waals surface area contributed by atoms with Crippen LogP contribution in [0.1, 0.15) is 0 Å². The third kappa shape index (κ3) is 2.38. The molecule has 74 valence electrons. The Kier molecular flexibility index (Phi) is 3.80. The summed E-state index contributed by atoms with van der Waals surface area (Å²) in [6, 6.07) is 0. The molecular formula is C5H9N2O5P. The van der Waals surface area contributed by atoms with Crippen LogP contribution in [0.2, 0.25) is 0 Å². The van der Waals surface area contributed by atoms with Gasteiger partial charge in [-0.2, -0.15) is 0 Å². The predicted molar refractivity (Wildman–Crippen MR) is 43.4 cm³/mol. The standard InChI is InChI=1S/C5H9N2O5P/c1-2-5(6-3-8,7-4-9)13(10,11)12/h2-4H,1H2,(H,6,8)(H,7,9)(H2,10,11,12). The molecule has 0 saturated heterocycles. The molecule has 0 fully saturated rings. The Morgan fingerprint density at radius 3 is 1.77 bits per heavy atom. The highest BCUT2D eigenvalue weighted by atomic mass is 31.2. The van der Waals surface area contributed by atoms with E-state index in [1.165, 1.54) is 0 Å². The number of carbonyl (C=O) groups excluding carboxylic acids is 2. The summed E-state index contributed by atoms with van der Waals surface area (Å²) < 4.78 is 10.8. The second-order valence-electron chi connectivity index (χ2n) is 2.04. The Hall–Kier alpha value is -1.17. The fraction of sp³-hybridized carbons (Fsp3) is 0.200. The van der Waals surface area contributed by atoms with Crippen molar-refractivity contribution in [3.8, 4) is 0 Å². The van der Waals surface area contributed by atoms with Crippen LogP contribution in [-0.2, 0) is 14.2 Å². The maximum atomic E-state index is 10.8. The molecular weight excluding hydrogens is 199 g/mol. The van der Waals surface area contributed by atoms with Crippen molar-refractivity contribution in [3.05, 3.63) is 12.7 Å². The molecule has 0 aliphatic heterocycles. The van der Waals surface area contributed by atoms with Crippen molar-refractivity contribution in [1.82, 2.24) is 10.6 Å². The Labute approximate surface area is 74.0 Å². The number of nitrogens with one attached hydrogen (secondary N) is 2. The third-order valence-corrected chi connectivity index (χ3v) is 2.67. The molecule has 4 N–H and O–H groups in total. The van der Waals surface area contributed by atoms with Crippen molar-refractivity contribution in [2.75, 3.05) is 0 Å². The maximum absolute atomic E-state index is 10.8. The van der Waals surface area contributed by atoms with E-state index in [0.29, 0.717) is 0 Å². The van der Waals surface area contributed by atoms with Gasteiger partial charge in [0.15, 0.2) is 0 Å². The topological polar surface area (TPSA) is 116 Å². The first kappa shape index (κ1) is 11.8. The average molecular weight is 208 g/mol. The van der Waals surface area contributed by atoms with Crippen LogP contribution in [0.4, 0.5) is 0 Å². The van der Waals surface area contributed by atoms with Gasteiger partial charge in [-0.15, -0.1) is 0 Å². The highest BCUT2D eigenvalue weighted by Crippen LogP contribution is 2.47. The van der Waals surface area contributed by atoms with E-state index in [-0.39, 0.29) is 12.8 Å². The van der Waals surface area contributed by atoms with Gasteiger partial charge in [0.2, 0.25) is 18.2 Å². The van der Waals surface area contributed by atoms with Crippen molar-refractivity contribution in [2.45, 2.75) is 5.40 Å². The van der Waals surface area contributed by atoms with Gasteiger partial charge in [0.05, 0.1) is 0 Å². The lowest BCUT2D eigenvalue weighted by Gasteiger charge is -2.29. The fourth-order valence-electron chi connectivity index (χ4n) is 0.626. The van der Waals surface area contributed by atoms with Crippen molar-refractivity contribution in [1.29, 1.82) is 0 Å². The SMILES string of the molecule is C=CC(NC=O)(NC=O)P(=O)(O)O. The summed E-state index contributed by atoms with van der Waals surface area (Å²) >= 11 is 0. The molecule has 0 rings (SSSR count). The van der Waals surface area contributed by atoms with Crippen LogP contribution in [0, 0.1) is 0 Å². The van der Waals surface area contributed by atoms with Gasteiger partial charge in [0.1, 0.15) is 0 Å². The summed E-state index contributed by atoms with van der Waals surface area (Å²) in [6.45, 7) is 3.10. The van der Waals surface area contributed by atoms with Crippen LogP contribution >= 0.6 is 7.60 Å². The number of hydrogen-bond acceptors (Lipinski definition) is 3. The van der Waals surface area contributed by atoms with Crippen molar-refractivity contribution in [3.63, 3.8) is 0 Å². The third-order valence-electron chi connectivity index (χ3n) is 1.31. The minimum atomic E-state index is -4.74. The van der Waals surface area contributed by atoms with Crippen LogP contribution in [0.3, 0.4) is 0 Å². The summed E-state index contributed by atoms with van der Waals surface area (Å²) in [5, 5.41) is 1.34. The fourth-order valence-corrected chi connectivity index (χ4v) is 1.31. The highest BCUT2D eigenvalue weighted by Gasteiger charge is 2.44. The first-order valence-electron chi connectivity index (χ1n) is 3.05. The predicted octanol–water partition coefficient (Wildman–Crippen LogP) is -1.50. The monoisotopic (exact) mass is 208 g/mol. The van der Waals surface area contributed by atoms with Crippen LogP contribution in [-0.4, -0.2) is 28.0 Å². The normalized spacial score (nSPS) is 11.5. The van der Waals surface area contributed by atoms with E-state index in [2.05, 4.69) is 6.58 Å². The quantitative estimate of drug-likeness (QED) is 0.183. The molecule has 2 amide bonds. The summed E-state index contributed by atoms with van der Waals surface area (Å²) in [4.78, 5) is 37.7. The number of carbonyl (C=O) groups is 2.